The standard InChI is InChI=1S/C28H22O6S2/c29-35(30)34-27-17-9-23(10-18-27)3-1-21-5-13-25(14-6-21)26-15-7-22(8-16-26)2-4-24-11-19-28(20-12-24)36(31,32)33/h1-20H,(H,29,30)(H,31,32,33)/p-2/b3-1+,4-2+. The van der Waals surface area contributed by atoms with Crippen LogP contribution in [0.1, 0.15) is 22.3 Å². The second-order valence-electron chi connectivity index (χ2n) is 7.79. The molecule has 0 fully saturated rings. The molecule has 0 aromatic heterocycles. The Kier molecular flexibility index (Phi) is 7.92. The summed E-state index contributed by atoms with van der Waals surface area (Å²) in [6.07, 6.45) is 7.67. The molecule has 0 saturated carbocycles. The molecule has 8 heteroatoms. The zero-order chi connectivity index (χ0) is 25.5. The van der Waals surface area contributed by atoms with E-state index in [2.05, 4.69) is 4.18 Å². The van der Waals surface area contributed by atoms with Crippen molar-refractivity contribution in [2.45, 2.75) is 4.90 Å². The van der Waals surface area contributed by atoms with Gasteiger partial charge in [-0.05, 0) is 57.6 Å². The third-order valence-electron chi connectivity index (χ3n) is 5.30. The largest absolute Gasteiger partial charge is 0.744 e. The van der Waals surface area contributed by atoms with Crippen molar-refractivity contribution in [1.29, 1.82) is 0 Å². The average Bonchev–Trinajstić information content (AvgIpc) is 2.87. The summed E-state index contributed by atoms with van der Waals surface area (Å²) in [5, 5.41) is 0. The van der Waals surface area contributed by atoms with Crippen molar-refractivity contribution < 1.29 is 25.9 Å². The summed E-state index contributed by atoms with van der Waals surface area (Å²) in [5.41, 5.74) is 5.85. The Morgan fingerprint density at radius 3 is 1.25 bits per heavy atom. The molecule has 0 aliphatic heterocycles. The van der Waals surface area contributed by atoms with Crippen molar-refractivity contribution in [2.24, 2.45) is 0 Å². The molecule has 0 aliphatic carbocycles. The second kappa shape index (κ2) is 11.3. The van der Waals surface area contributed by atoms with Crippen LogP contribution in [0.5, 0.6) is 5.75 Å². The van der Waals surface area contributed by atoms with E-state index in [-0.39, 0.29) is 10.6 Å². The Morgan fingerprint density at radius 2 is 0.917 bits per heavy atom. The molecule has 1 atom stereocenters. The maximum absolute atomic E-state index is 11.0. The van der Waals surface area contributed by atoms with Crippen molar-refractivity contribution in [1.82, 2.24) is 0 Å². The van der Waals surface area contributed by atoms with Gasteiger partial charge in [-0.2, -0.15) is 0 Å². The molecule has 4 aromatic rings. The summed E-state index contributed by atoms with van der Waals surface area (Å²) in [6.45, 7) is 0. The molecular formula is C28H20O6S2-2. The number of rotatable bonds is 8. The molecule has 0 heterocycles. The van der Waals surface area contributed by atoms with E-state index in [4.69, 9.17) is 0 Å². The Balaban J connectivity index is 1.38. The summed E-state index contributed by atoms with van der Waals surface area (Å²) < 4.78 is 58.8. The van der Waals surface area contributed by atoms with Gasteiger partial charge in [0.15, 0.2) is 0 Å². The van der Waals surface area contributed by atoms with Crippen LogP contribution in [-0.2, 0) is 21.5 Å². The lowest BCUT2D eigenvalue weighted by atomic mass is 10.0. The van der Waals surface area contributed by atoms with Crippen molar-refractivity contribution in [3.05, 3.63) is 119 Å². The molecule has 0 N–H and O–H groups in total. The van der Waals surface area contributed by atoms with E-state index in [1.54, 1.807) is 36.4 Å². The third-order valence-corrected chi connectivity index (χ3v) is 6.48. The van der Waals surface area contributed by atoms with E-state index in [0.717, 1.165) is 33.4 Å². The zero-order valence-corrected chi connectivity index (χ0v) is 20.4. The van der Waals surface area contributed by atoms with Crippen LogP contribution < -0.4 is 4.18 Å². The normalized spacial score (nSPS) is 12.7. The first-order chi connectivity index (χ1) is 17.3. The van der Waals surface area contributed by atoms with Crippen LogP contribution in [0.15, 0.2) is 102 Å². The molecule has 182 valence electrons. The smallest absolute Gasteiger partial charge is 0.139 e. The molecular weight excluding hydrogens is 496 g/mol. The summed E-state index contributed by atoms with van der Waals surface area (Å²) >= 11 is -2.59. The molecule has 0 amide bonds. The van der Waals surface area contributed by atoms with Crippen molar-refractivity contribution in [3.63, 3.8) is 0 Å². The van der Waals surface area contributed by atoms with Gasteiger partial charge in [-0.1, -0.05) is 97.1 Å². The molecule has 0 radical (unpaired) electrons. The van der Waals surface area contributed by atoms with Crippen LogP contribution >= 0.6 is 0 Å². The molecule has 1 unspecified atom stereocenters. The minimum atomic E-state index is -4.44. The second-order valence-corrected chi connectivity index (χ2v) is 9.74. The lowest BCUT2D eigenvalue weighted by Gasteiger charge is -2.06. The van der Waals surface area contributed by atoms with Gasteiger partial charge in [-0.25, -0.2) is 12.6 Å². The van der Waals surface area contributed by atoms with E-state index >= 15 is 0 Å². The average molecular weight is 517 g/mol. The maximum Gasteiger partial charge on any atom is 0.139 e. The highest BCUT2D eigenvalue weighted by Crippen LogP contribution is 2.22. The maximum atomic E-state index is 11.0. The van der Waals surface area contributed by atoms with Crippen LogP contribution in [0.3, 0.4) is 0 Å². The molecule has 6 nitrogen and oxygen atoms in total. The highest BCUT2D eigenvalue weighted by atomic mass is 32.2. The molecule has 0 bridgehead atoms. The topological polar surface area (TPSA) is 107 Å². The Bertz CT molecular complexity index is 1500. The van der Waals surface area contributed by atoms with E-state index in [9.17, 15) is 21.7 Å². The summed E-state index contributed by atoms with van der Waals surface area (Å²) in [6, 6.07) is 28.7. The van der Waals surface area contributed by atoms with Crippen LogP contribution in [0.25, 0.3) is 35.4 Å². The molecule has 0 spiro atoms. The SMILES string of the molecule is O=S([O-])Oc1ccc(/C=C/c2ccc(-c3ccc(/C=C/c4ccc(S(=O)(=O)[O-])cc4)cc3)cc2)cc1. The molecule has 36 heavy (non-hydrogen) atoms. The fourth-order valence-corrected chi connectivity index (χ4v) is 4.15. The highest BCUT2D eigenvalue weighted by Gasteiger charge is 2.00. The highest BCUT2D eigenvalue weighted by molar-refractivity contribution is 7.85. The fourth-order valence-electron chi connectivity index (χ4n) is 3.42. The monoisotopic (exact) mass is 516 g/mol. The Hall–Kier alpha value is -3.82. The van der Waals surface area contributed by atoms with Gasteiger partial charge in [-0.3, -0.25) is 0 Å². The fraction of sp³-hybridized carbons (Fsp3) is 0. The first-order valence-corrected chi connectivity index (χ1v) is 13.2. The van der Waals surface area contributed by atoms with Crippen LogP contribution in [0.4, 0.5) is 0 Å². The van der Waals surface area contributed by atoms with E-state index < -0.39 is 21.5 Å². The molecule has 0 saturated heterocycles. The molecule has 4 rings (SSSR count). The van der Waals surface area contributed by atoms with Crippen molar-refractivity contribution in [3.8, 4) is 16.9 Å². The molecule has 0 aliphatic rings. The minimum Gasteiger partial charge on any atom is -0.744 e. The van der Waals surface area contributed by atoms with Gasteiger partial charge in [-0.15, -0.1) is 0 Å². The third kappa shape index (κ3) is 7.10. The number of hydrogen-bond donors (Lipinski definition) is 0. The lowest BCUT2D eigenvalue weighted by molar-refractivity contribution is 0.440. The Labute approximate surface area is 212 Å². The van der Waals surface area contributed by atoms with E-state index in [1.807, 2.05) is 72.8 Å². The van der Waals surface area contributed by atoms with Gasteiger partial charge in [0.1, 0.15) is 27.2 Å². The van der Waals surface area contributed by atoms with Gasteiger partial charge >= 0.3 is 0 Å². The Morgan fingerprint density at radius 1 is 0.583 bits per heavy atom. The number of hydrogen-bond acceptors (Lipinski definition) is 6. The van der Waals surface area contributed by atoms with Gasteiger partial charge in [0.2, 0.25) is 0 Å². The predicted octanol–water partition coefficient (Wildman–Crippen LogP) is 5.77. The van der Waals surface area contributed by atoms with Crippen LogP contribution in [0.2, 0.25) is 0 Å². The van der Waals surface area contributed by atoms with Gasteiger partial charge in [0.05, 0.1) is 4.90 Å². The first-order valence-electron chi connectivity index (χ1n) is 10.8. The van der Waals surface area contributed by atoms with Crippen LogP contribution in [-0.4, -0.2) is 21.7 Å². The van der Waals surface area contributed by atoms with Crippen LogP contribution in [0, 0.1) is 0 Å². The van der Waals surface area contributed by atoms with E-state index in [0.29, 0.717) is 0 Å². The van der Waals surface area contributed by atoms with Gasteiger partial charge < -0.3 is 13.3 Å². The van der Waals surface area contributed by atoms with E-state index in [1.165, 1.54) is 12.1 Å². The quantitative estimate of drug-likeness (QED) is 0.167. The van der Waals surface area contributed by atoms with Gasteiger partial charge in [0, 0.05) is 0 Å². The van der Waals surface area contributed by atoms with Gasteiger partial charge in [0.25, 0.3) is 0 Å². The van der Waals surface area contributed by atoms with Crippen molar-refractivity contribution in [2.75, 3.05) is 0 Å². The minimum absolute atomic E-state index is 0.244. The predicted molar refractivity (Wildman–Crippen MR) is 140 cm³/mol. The number of benzene rings is 4. The summed E-state index contributed by atoms with van der Waals surface area (Å²) in [5.74, 6) is 0.262. The zero-order valence-electron chi connectivity index (χ0n) is 18.8. The summed E-state index contributed by atoms with van der Waals surface area (Å²) in [4.78, 5) is -0.244. The van der Waals surface area contributed by atoms with Crippen molar-refractivity contribution >= 4 is 45.8 Å². The lowest BCUT2D eigenvalue weighted by Crippen LogP contribution is -1.97. The summed E-state index contributed by atoms with van der Waals surface area (Å²) in [7, 11) is -4.44. The first kappa shape index (κ1) is 25.3. The molecule has 4 aromatic carbocycles.